The number of nitrogens with one attached hydrogen (secondary N) is 1. The second-order valence-corrected chi connectivity index (χ2v) is 6.58. The Bertz CT molecular complexity index is 587. The fraction of sp³-hybridized carbons (Fsp3) is 0.688. The van der Waals surface area contributed by atoms with Crippen LogP contribution in [0.4, 0.5) is 0 Å². The highest BCUT2D eigenvalue weighted by atomic mass is 16.5. The molecule has 0 unspecified atom stereocenters. The molecule has 0 aromatic carbocycles. The van der Waals surface area contributed by atoms with E-state index in [4.69, 9.17) is 4.52 Å². The van der Waals surface area contributed by atoms with Gasteiger partial charge < -0.3 is 9.51 Å². The smallest absolute Gasteiger partial charge is 0.229 e. The van der Waals surface area contributed by atoms with Gasteiger partial charge in [0, 0.05) is 30.8 Å². The lowest BCUT2D eigenvalue weighted by Gasteiger charge is -2.30. The Kier molecular flexibility index (Phi) is 3.93. The third kappa shape index (κ3) is 2.92. The largest absolute Gasteiger partial charge is 0.348 e. The number of nitrogens with zero attached hydrogens (tertiary/aromatic N) is 4. The van der Waals surface area contributed by atoms with Crippen molar-refractivity contribution in [1.29, 1.82) is 0 Å². The van der Waals surface area contributed by atoms with Crippen LogP contribution in [0, 0.1) is 0 Å². The van der Waals surface area contributed by atoms with E-state index in [-0.39, 0.29) is 0 Å². The molecule has 0 bridgehead atoms. The summed E-state index contributed by atoms with van der Waals surface area (Å²) < 4.78 is 5.48. The van der Waals surface area contributed by atoms with E-state index in [2.05, 4.69) is 25.0 Å². The second-order valence-electron chi connectivity index (χ2n) is 6.58. The molecule has 1 saturated carbocycles. The summed E-state index contributed by atoms with van der Waals surface area (Å²) in [6.45, 7) is 2.90. The van der Waals surface area contributed by atoms with Gasteiger partial charge in [0.1, 0.15) is 5.82 Å². The molecule has 1 atom stereocenters. The molecular formula is C16H23N5O. The number of hydrogen-bond acceptors (Lipinski definition) is 5. The van der Waals surface area contributed by atoms with Gasteiger partial charge in [-0.2, -0.15) is 4.98 Å². The van der Waals surface area contributed by atoms with Crippen molar-refractivity contribution >= 4 is 0 Å². The number of imidazole rings is 1. The molecule has 0 amide bonds. The Morgan fingerprint density at radius 1 is 1.18 bits per heavy atom. The van der Waals surface area contributed by atoms with Gasteiger partial charge in [0.15, 0.2) is 5.82 Å². The molecule has 2 aliphatic rings. The van der Waals surface area contributed by atoms with Crippen LogP contribution in [-0.2, 0) is 6.54 Å². The van der Waals surface area contributed by atoms with Crippen LogP contribution in [0.5, 0.6) is 0 Å². The Labute approximate surface area is 130 Å². The van der Waals surface area contributed by atoms with Gasteiger partial charge in [-0.15, -0.1) is 0 Å². The molecule has 1 N–H and O–H groups in total. The molecule has 0 radical (unpaired) electrons. The van der Waals surface area contributed by atoms with Crippen LogP contribution in [-0.4, -0.2) is 38.1 Å². The number of likely N-dealkylation sites (tertiary alicyclic amines) is 1. The van der Waals surface area contributed by atoms with Crippen molar-refractivity contribution in [2.45, 2.75) is 56.9 Å². The first kappa shape index (κ1) is 13.9. The van der Waals surface area contributed by atoms with Gasteiger partial charge in [0.05, 0.1) is 6.54 Å². The zero-order valence-electron chi connectivity index (χ0n) is 12.9. The number of rotatable bonds is 4. The molecule has 4 rings (SSSR count). The highest BCUT2D eigenvalue weighted by Crippen LogP contribution is 2.33. The van der Waals surface area contributed by atoms with Crippen LogP contribution < -0.4 is 0 Å². The minimum atomic E-state index is 0.491. The number of hydrogen-bond donors (Lipinski definition) is 1. The zero-order valence-corrected chi connectivity index (χ0v) is 12.9. The van der Waals surface area contributed by atoms with Crippen LogP contribution in [0.3, 0.4) is 0 Å². The maximum absolute atomic E-state index is 5.48. The molecule has 1 saturated heterocycles. The number of H-pyrrole nitrogens is 1. The van der Waals surface area contributed by atoms with Crippen LogP contribution in [0.15, 0.2) is 16.9 Å². The third-order valence-corrected chi connectivity index (χ3v) is 4.96. The van der Waals surface area contributed by atoms with E-state index in [0.717, 1.165) is 37.2 Å². The predicted octanol–water partition coefficient (Wildman–Crippen LogP) is 2.83. The molecule has 3 heterocycles. The quantitative estimate of drug-likeness (QED) is 0.940. The summed E-state index contributed by atoms with van der Waals surface area (Å²) in [4.78, 5) is 14.7. The molecule has 1 aliphatic carbocycles. The van der Waals surface area contributed by atoms with Crippen LogP contribution in [0.2, 0.25) is 0 Å². The molecule has 2 aromatic heterocycles. The highest BCUT2D eigenvalue weighted by Gasteiger charge is 2.26. The molecular weight excluding hydrogens is 278 g/mol. The van der Waals surface area contributed by atoms with Crippen molar-refractivity contribution in [2.24, 2.45) is 0 Å². The highest BCUT2D eigenvalue weighted by molar-refractivity contribution is 5.01. The van der Waals surface area contributed by atoms with Crippen LogP contribution in [0.1, 0.15) is 67.9 Å². The van der Waals surface area contributed by atoms with Crippen molar-refractivity contribution < 1.29 is 4.52 Å². The van der Waals surface area contributed by atoms with Gasteiger partial charge in [-0.3, -0.25) is 4.90 Å². The molecule has 2 fully saturated rings. The maximum atomic E-state index is 5.48. The summed E-state index contributed by atoms with van der Waals surface area (Å²) in [6, 6.07) is 0. The van der Waals surface area contributed by atoms with Crippen molar-refractivity contribution in [3.8, 4) is 0 Å². The Morgan fingerprint density at radius 3 is 2.86 bits per heavy atom. The standard InChI is InChI=1S/C16H23N5O/c1-2-5-12(4-1)16-19-14(20-22-16)11-21-9-3-6-13(10-21)15-17-7-8-18-15/h7-8,12-13H,1-6,9-11H2,(H,17,18)/t13-/m1/s1. The SMILES string of the molecule is c1c[nH]c([C@@H]2CCCN(Cc3noc(C4CCCC4)n3)C2)n1. The van der Waals surface area contributed by atoms with Crippen LogP contribution in [0.25, 0.3) is 0 Å². The van der Waals surface area contributed by atoms with Crippen molar-refractivity contribution in [2.75, 3.05) is 13.1 Å². The van der Waals surface area contributed by atoms with Gasteiger partial charge in [-0.25, -0.2) is 4.98 Å². The number of aromatic amines is 1. The summed E-state index contributed by atoms with van der Waals surface area (Å²) >= 11 is 0. The third-order valence-electron chi connectivity index (χ3n) is 4.96. The molecule has 0 spiro atoms. The van der Waals surface area contributed by atoms with Crippen molar-refractivity contribution in [3.05, 3.63) is 29.9 Å². The summed E-state index contributed by atoms with van der Waals surface area (Å²) in [5, 5.41) is 4.19. The average Bonchev–Trinajstić information content (AvgIpc) is 3.29. The number of aromatic nitrogens is 4. The van der Waals surface area contributed by atoms with E-state index < -0.39 is 0 Å². The van der Waals surface area contributed by atoms with E-state index in [9.17, 15) is 0 Å². The van der Waals surface area contributed by atoms with Gasteiger partial charge >= 0.3 is 0 Å². The zero-order chi connectivity index (χ0) is 14.8. The van der Waals surface area contributed by atoms with Gasteiger partial charge in [0.2, 0.25) is 5.89 Å². The summed E-state index contributed by atoms with van der Waals surface area (Å²) in [6.07, 6.45) is 11.1. The molecule has 6 nitrogen and oxygen atoms in total. The Balaban J connectivity index is 1.38. The first-order chi connectivity index (χ1) is 10.9. The van der Waals surface area contributed by atoms with E-state index >= 15 is 0 Å². The Hall–Kier alpha value is -1.69. The lowest BCUT2D eigenvalue weighted by atomic mass is 9.97. The monoisotopic (exact) mass is 301 g/mol. The fourth-order valence-corrected chi connectivity index (χ4v) is 3.79. The topological polar surface area (TPSA) is 70.8 Å². The van der Waals surface area contributed by atoms with Gasteiger partial charge in [-0.05, 0) is 32.2 Å². The fourth-order valence-electron chi connectivity index (χ4n) is 3.79. The van der Waals surface area contributed by atoms with E-state index in [0.29, 0.717) is 11.8 Å². The first-order valence-corrected chi connectivity index (χ1v) is 8.42. The molecule has 1 aliphatic heterocycles. The van der Waals surface area contributed by atoms with Crippen molar-refractivity contribution in [3.63, 3.8) is 0 Å². The maximum Gasteiger partial charge on any atom is 0.229 e. The summed E-state index contributed by atoms with van der Waals surface area (Å²) in [5.41, 5.74) is 0. The second kappa shape index (κ2) is 6.20. The minimum Gasteiger partial charge on any atom is -0.348 e. The first-order valence-electron chi connectivity index (χ1n) is 8.42. The van der Waals surface area contributed by atoms with Gasteiger partial charge in [-0.1, -0.05) is 18.0 Å². The molecule has 2 aromatic rings. The van der Waals surface area contributed by atoms with Gasteiger partial charge in [0.25, 0.3) is 0 Å². The lowest BCUT2D eigenvalue weighted by Crippen LogP contribution is -2.34. The molecule has 22 heavy (non-hydrogen) atoms. The average molecular weight is 301 g/mol. The van der Waals surface area contributed by atoms with Crippen molar-refractivity contribution in [1.82, 2.24) is 25.0 Å². The summed E-state index contributed by atoms with van der Waals surface area (Å²) in [5.74, 6) is 3.78. The Morgan fingerprint density at radius 2 is 2.05 bits per heavy atom. The predicted molar refractivity (Wildman–Crippen MR) is 81.3 cm³/mol. The minimum absolute atomic E-state index is 0.491. The normalized spacial score (nSPS) is 24.1. The lowest BCUT2D eigenvalue weighted by molar-refractivity contribution is 0.190. The van der Waals surface area contributed by atoms with E-state index in [1.807, 2.05) is 12.4 Å². The van der Waals surface area contributed by atoms with Crippen LogP contribution >= 0.6 is 0 Å². The molecule has 118 valence electrons. The molecule has 6 heteroatoms. The van der Waals surface area contributed by atoms with E-state index in [1.165, 1.54) is 38.5 Å². The number of piperidine rings is 1. The summed E-state index contributed by atoms with van der Waals surface area (Å²) in [7, 11) is 0. The van der Waals surface area contributed by atoms with E-state index in [1.54, 1.807) is 0 Å².